The number of fused-ring (bicyclic) bond motifs is 1. The van der Waals surface area contributed by atoms with Crippen LogP contribution in [0, 0.1) is 5.82 Å². The molecule has 2 heterocycles. The molecule has 4 heteroatoms. The smallest absolute Gasteiger partial charge is 0.131 e. The predicted molar refractivity (Wildman–Crippen MR) is 60.4 cm³/mol. The van der Waals surface area contributed by atoms with Crippen LogP contribution in [0.5, 0.6) is 0 Å². The molecule has 0 spiro atoms. The lowest BCUT2D eigenvalue weighted by Gasteiger charge is -2.01. The number of anilines is 1. The topological polar surface area (TPSA) is 43.8 Å². The molecule has 2 aromatic rings. The molecule has 0 unspecified atom stereocenters. The summed E-state index contributed by atoms with van der Waals surface area (Å²) in [6.07, 6.45) is 2.08. The SMILES string of the molecule is Nc1c(-c2ccc(F)cc2)nc2n1CCC2. The predicted octanol–water partition coefficient (Wildman–Crippen LogP) is 2.22. The van der Waals surface area contributed by atoms with Crippen LogP contribution in [0.25, 0.3) is 11.3 Å². The fourth-order valence-corrected chi connectivity index (χ4v) is 2.17. The number of hydrogen-bond donors (Lipinski definition) is 1. The molecule has 2 N–H and O–H groups in total. The Morgan fingerprint density at radius 2 is 2.00 bits per heavy atom. The number of aromatic nitrogens is 2. The molecule has 0 saturated carbocycles. The van der Waals surface area contributed by atoms with Gasteiger partial charge < -0.3 is 10.3 Å². The van der Waals surface area contributed by atoms with E-state index < -0.39 is 0 Å². The Balaban J connectivity index is 2.10. The van der Waals surface area contributed by atoms with Crippen LogP contribution in [0.1, 0.15) is 12.2 Å². The Hall–Kier alpha value is -1.84. The number of nitrogens with two attached hydrogens (primary N) is 1. The first-order valence-corrected chi connectivity index (χ1v) is 5.36. The lowest BCUT2D eigenvalue weighted by Crippen LogP contribution is -1.99. The lowest BCUT2D eigenvalue weighted by molar-refractivity contribution is 0.628. The Bertz CT molecular complexity index is 528. The molecule has 82 valence electrons. The summed E-state index contributed by atoms with van der Waals surface area (Å²) >= 11 is 0. The van der Waals surface area contributed by atoms with Crippen LogP contribution in [-0.2, 0) is 13.0 Å². The molecule has 0 bridgehead atoms. The van der Waals surface area contributed by atoms with E-state index in [-0.39, 0.29) is 5.82 Å². The highest BCUT2D eigenvalue weighted by Gasteiger charge is 2.19. The first kappa shape index (κ1) is 9.39. The summed E-state index contributed by atoms with van der Waals surface area (Å²) in [5.74, 6) is 1.49. The number of nitrogen functional groups attached to an aromatic ring is 1. The van der Waals surface area contributed by atoms with E-state index >= 15 is 0 Å². The quantitative estimate of drug-likeness (QED) is 0.796. The molecule has 3 nitrogen and oxygen atoms in total. The van der Waals surface area contributed by atoms with E-state index in [0.29, 0.717) is 5.82 Å². The van der Waals surface area contributed by atoms with Gasteiger partial charge in [-0.05, 0) is 30.7 Å². The number of imidazole rings is 1. The highest BCUT2D eigenvalue weighted by Crippen LogP contribution is 2.29. The summed E-state index contributed by atoms with van der Waals surface area (Å²) < 4.78 is 14.8. The van der Waals surface area contributed by atoms with E-state index in [2.05, 4.69) is 4.98 Å². The van der Waals surface area contributed by atoms with Gasteiger partial charge in [0.2, 0.25) is 0 Å². The van der Waals surface area contributed by atoms with Gasteiger partial charge in [-0.15, -0.1) is 0 Å². The minimum atomic E-state index is -0.242. The molecule has 1 aliphatic heterocycles. The van der Waals surface area contributed by atoms with Crippen LogP contribution in [0.4, 0.5) is 10.2 Å². The van der Waals surface area contributed by atoms with E-state index in [0.717, 1.165) is 36.5 Å². The number of rotatable bonds is 1. The number of halogens is 1. The first-order chi connectivity index (χ1) is 7.75. The maximum absolute atomic E-state index is 12.8. The molecule has 0 saturated heterocycles. The van der Waals surface area contributed by atoms with Gasteiger partial charge in [-0.3, -0.25) is 0 Å². The van der Waals surface area contributed by atoms with Crippen molar-refractivity contribution in [3.8, 4) is 11.3 Å². The monoisotopic (exact) mass is 217 g/mol. The van der Waals surface area contributed by atoms with Crippen molar-refractivity contribution in [3.05, 3.63) is 35.9 Å². The van der Waals surface area contributed by atoms with Gasteiger partial charge in [-0.2, -0.15) is 0 Å². The maximum Gasteiger partial charge on any atom is 0.131 e. The molecule has 16 heavy (non-hydrogen) atoms. The highest BCUT2D eigenvalue weighted by molar-refractivity contribution is 5.71. The summed E-state index contributed by atoms with van der Waals surface area (Å²) in [5, 5.41) is 0. The second kappa shape index (κ2) is 3.33. The maximum atomic E-state index is 12.8. The van der Waals surface area contributed by atoms with Crippen LogP contribution in [-0.4, -0.2) is 9.55 Å². The van der Waals surface area contributed by atoms with Crippen LogP contribution in [0.15, 0.2) is 24.3 Å². The summed E-state index contributed by atoms with van der Waals surface area (Å²) in [4.78, 5) is 4.51. The van der Waals surface area contributed by atoms with E-state index in [9.17, 15) is 4.39 Å². The van der Waals surface area contributed by atoms with Crippen molar-refractivity contribution in [2.45, 2.75) is 19.4 Å². The molecule has 1 aliphatic rings. The number of aryl methyl sites for hydroxylation is 1. The second-order valence-corrected chi connectivity index (χ2v) is 4.02. The van der Waals surface area contributed by atoms with Crippen molar-refractivity contribution in [2.24, 2.45) is 0 Å². The average Bonchev–Trinajstić information content (AvgIpc) is 2.84. The van der Waals surface area contributed by atoms with E-state index in [4.69, 9.17) is 5.73 Å². The minimum Gasteiger partial charge on any atom is -0.383 e. The third kappa shape index (κ3) is 1.30. The van der Waals surface area contributed by atoms with Crippen LogP contribution in [0.2, 0.25) is 0 Å². The molecule has 0 radical (unpaired) electrons. The van der Waals surface area contributed by atoms with Gasteiger partial charge in [0, 0.05) is 18.5 Å². The third-order valence-electron chi connectivity index (χ3n) is 2.99. The van der Waals surface area contributed by atoms with Crippen LogP contribution < -0.4 is 5.73 Å². The fraction of sp³-hybridized carbons (Fsp3) is 0.250. The normalized spacial score (nSPS) is 14.1. The summed E-state index contributed by atoms with van der Waals surface area (Å²) in [7, 11) is 0. The number of benzene rings is 1. The van der Waals surface area contributed by atoms with Gasteiger partial charge in [-0.1, -0.05) is 0 Å². The third-order valence-corrected chi connectivity index (χ3v) is 2.99. The molecular formula is C12H12FN3. The molecule has 1 aromatic heterocycles. The first-order valence-electron chi connectivity index (χ1n) is 5.36. The standard InChI is InChI=1S/C12H12FN3/c13-9-5-3-8(4-6-9)11-12(14)16-7-1-2-10(16)15-11/h3-6H,1-2,7,14H2. The average molecular weight is 217 g/mol. The van der Waals surface area contributed by atoms with Gasteiger partial charge in [0.15, 0.2) is 0 Å². The van der Waals surface area contributed by atoms with Crippen molar-refractivity contribution < 1.29 is 4.39 Å². The summed E-state index contributed by atoms with van der Waals surface area (Å²) in [5.41, 5.74) is 7.68. The second-order valence-electron chi connectivity index (χ2n) is 4.02. The van der Waals surface area contributed by atoms with Gasteiger partial charge in [0.05, 0.1) is 0 Å². The number of hydrogen-bond acceptors (Lipinski definition) is 2. The zero-order valence-corrected chi connectivity index (χ0v) is 8.78. The van der Waals surface area contributed by atoms with Crippen molar-refractivity contribution in [1.29, 1.82) is 0 Å². The molecule has 0 aliphatic carbocycles. The Morgan fingerprint density at radius 3 is 2.69 bits per heavy atom. The van der Waals surface area contributed by atoms with Crippen LogP contribution in [0.3, 0.4) is 0 Å². The Kier molecular flexibility index (Phi) is 1.96. The minimum absolute atomic E-state index is 0.242. The largest absolute Gasteiger partial charge is 0.383 e. The van der Waals surface area contributed by atoms with Crippen molar-refractivity contribution >= 4 is 5.82 Å². The molecule has 0 fully saturated rings. The lowest BCUT2D eigenvalue weighted by atomic mass is 10.1. The zero-order valence-electron chi connectivity index (χ0n) is 8.78. The van der Waals surface area contributed by atoms with Gasteiger partial charge in [0.25, 0.3) is 0 Å². The Morgan fingerprint density at radius 1 is 1.25 bits per heavy atom. The highest BCUT2D eigenvalue weighted by atomic mass is 19.1. The molecule has 0 atom stereocenters. The Labute approximate surface area is 92.7 Å². The van der Waals surface area contributed by atoms with E-state index in [1.54, 1.807) is 12.1 Å². The molecule has 1 aromatic carbocycles. The summed E-state index contributed by atoms with van der Waals surface area (Å²) in [6.45, 7) is 0.940. The molecule has 0 amide bonds. The number of nitrogens with zero attached hydrogens (tertiary/aromatic N) is 2. The van der Waals surface area contributed by atoms with Crippen LogP contribution >= 0.6 is 0 Å². The van der Waals surface area contributed by atoms with E-state index in [1.807, 2.05) is 4.57 Å². The fourth-order valence-electron chi connectivity index (χ4n) is 2.17. The van der Waals surface area contributed by atoms with Gasteiger partial charge >= 0.3 is 0 Å². The summed E-state index contributed by atoms with van der Waals surface area (Å²) in [6, 6.07) is 6.28. The van der Waals surface area contributed by atoms with Crippen molar-refractivity contribution in [3.63, 3.8) is 0 Å². The van der Waals surface area contributed by atoms with E-state index in [1.165, 1.54) is 12.1 Å². The van der Waals surface area contributed by atoms with Gasteiger partial charge in [0.1, 0.15) is 23.2 Å². The van der Waals surface area contributed by atoms with Gasteiger partial charge in [-0.25, -0.2) is 9.37 Å². The molecule has 3 rings (SSSR count). The zero-order chi connectivity index (χ0) is 11.1. The van der Waals surface area contributed by atoms with Crippen molar-refractivity contribution in [2.75, 3.05) is 5.73 Å². The molecular weight excluding hydrogens is 205 g/mol. The van der Waals surface area contributed by atoms with Crippen molar-refractivity contribution in [1.82, 2.24) is 9.55 Å².